The average molecular weight is 318 g/mol. The zero-order valence-electron chi connectivity index (χ0n) is 10.6. The molecule has 2 aromatic rings. The molecule has 1 unspecified atom stereocenters. The number of fused-ring (bicyclic) bond motifs is 1. The molecule has 0 saturated heterocycles. The van der Waals surface area contributed by atoms with Gasteiger partial charge in [0.2, 0.25) is 0 Å². The minimum absolute atomic E-state index is 0.0887. The van der Waals surface area contributed by atoms with Crippen molar-refractivity contribution in [3.8, 4) is 11.4 Å². The van der Waals surface area contributed by atoms with Crippen LogP contribution < -0.4 is 5.73 Å². The minimum Gasteiger partial charge on any atom is -0.324 e. The lowest BCUT2D eigenvalue weighted by Gasteiger charge is -2.12. The molecule has 0 radical (unpaired) electrons. The maximum atomic E-state index is 6.18. The Morgan fingerprint density at radius 3 is 2.89 bits per heavy atom. The van der Waals surface area contributed by atoms with Gasteiger partial charge in [-0.15, -0.1) is 0 Å². The predicted octanol–water partition coefficient (Wildman–Crippen LogP) is 3.63. The number of hydrogen-bond acceptors (Lipinski definition) is 3. The summed E-state index contributed by atoms with van der Waals surface area (Å²) in [4.78, 5) is 9.23. The van der Waals surface area contributed by atoms with E-state index in [4.69, 9.17) is 10.7 Å². The minimum atomic E-state index is 0.0887. The van der Waals surface area contributed by atoms with Crippen LogP contribution >= 0.6 is 15.9 Å². The zero-order chi connectivity index (χ0) is 13.2. The van der Waals surface area contributed by atoms with Gasteiger partial charge in [0.15, 0.2) is 5.82 Å². The van der Waals surface area contributed by atoms with Crippen LogP contribution in [0.3, 0.4) is 0 Å². The third-order valence-corrected chi connectivity index (χ3v) is 4.28. The maximum absolute atomic E-state index is 6.18. The fraction of sp³-hybridized carbons (Fsp3) is 0.333. The predicted molar refractivity (Wildman–Crippen MR) is 79.7 cm³/mol. The lowest BCUT2D eigenvalue weighted by Crippen LogP contribution is -2.12. The highest BCUT2D eigenvalue weighted by molar-refractivity contribution is 9.10. The van der Waals surface area contributed by atoms with Crippen LogP contribution in [-0.2, 0) is 6.42 Å². The van der Waals surface area contributed by atoms with Gasteiger partial charge in [-0.25, -0.2) is 9.97 Å². The number of nitrogens with two attached hydrogens (primary N) is 1. The third kappa shape index (κ3) is 2.55. The first-order chi connectivity index (χ1) is 9.25. The Kier molecular flexibility index (Phi) is 3.62. The summed E-state index contributed by atoms with van der Waals surface area (Å²) in [5.74, 6) is 0.778. The number of nitrogens with zero attached hydrogens (tertiary/aromatic N) is 2. The summed E-state index contributed by atoms with van der Waals surface area (Å²) >= 11 is 3.55. The van der Waals surface area contributed by atoms with E-state index in [-0.39, 0.29) is 6.04 Å². The molecule has 0 amide bonds. The highest BCUT2D eigenvalue weighted by atomic mass is 79.9. The molecule has 1 atom stereocenters. The second kappa shape index (κ2) is 5.39. The maximum Gasteiger partial charge on any atom is 0.160 e. The van der Waals surface area contributed by atoms with E-state index < -0.39 is 0 Å². The van der Waals surface area contributed by atoms with Crippen LogP contribution in [0.15, 0.2) is 34.9 Å². The van der Waals surface area contributed by atoms with E-state index in [0.29, 0.717) is 0 Å². The molecule has 2 N–H and O–H groups in total. The Morgan fingerprint density at radius 2 is 2.05 bits per heavy atom. The lowest BCUT2D eigenvalue weighted by molar-refractivity contribution is 0.614. The van der Waals surface area contributed by atoms with E-state index in [1.54, 1.807) is 0 Å². The number of aryl methyl sites for hydroxylation is 1. The molecule has 1 aromatic heterocycles. The van der Waals surface area contributed by atoms with E-state index in [2.05, 4.69) is 20.9 Å². The molecule has 0 fully saturated rings. The van der Waals surface area contributed by atoms with E-state index in [9.17, 15) is 0 Å². The van der Waals surface area contributed by atoms with Gasteiger partial charge in [0.25, 0.3) is 0 Å². The molecule has 98 valence electrons. The fourth-order valence-corrected chi connectivity index (χ4v) is 2.98. The molecular weight excluding hydrogens is 302 g/mol. The van der Waals surface area contributed by atoms with Crippen LogP contribution in [0.1, 0.15) is 36.6 Å². The monoisotopic (exact) mass is 317 g/mol. The molecular formula is C15H16BrN3. The van der Waals surface area contributed by atoms with Crippen molar-refractivity contribution in [2.24, 2.45) is 5.73 Å². The number of aromatic nitrogens is 2. The van der Waals surface area contributed by atoms with Gasteiger partial charge in [-0.3, -0.25) is 0 Å². The van der Waals surface area contributed by atoms with Crippen molar-refractivity contribution in [2.45, 2.75) is 31.7 Å². The highest BCUT2D eigenvalue weighted by Gasteiger charge is 2.18. The number of benzene rings is 1. The van der Waals surface area contributed by atoms with Crippen LogP contribution in [0.25, 0.3) is 11.4 Å². The lowest BCUT2D eigenvalue weighted by atomic mass is 10.1. The first kappa shape index (κ1) is 12.8. The quantitative estimate of drug-likeness (QED) is 0.817. The van der Waals surface area contributed by atoms with Gasteiger partial charge >= 0.3 is 0 Å². The van der Waals surface area contributed by atoms with E-state index in [1.807, 2.05) is 30.5 Å². The Labute approximate surface area is 121 Å². The summed E-state index contributed by atoms with van der Waals surface area (Å²) in [7, 11) is 0. The van der Waals surface area contributed by atoms with Crippen LogP contribution in [0.2, 0.25) is 0 Å². The standard InChI is InChI=1S/C15H16BrN3/c16-12-6-2-1-5-10(12)15-18-9-11-13(17)7-3-4-8-14(11)19-15/h1-2,5-6,9,13H,3-4,7-8,17H2. The van der Waals surface area contributed by atoms with Gasteiger partial charge in [-0.2, -0.15) is 0 Å². The first-order valence-corrected chi connectivity index (χ1v) is 7.41. The van der Waals surface area contributed by atoms with Gasteiger partial charge in [-0.05, 0) is 25.3 Å². The zero-order valence-corrected chi connectivity index (χ0v) is 12.2. The van der Waals surface area contributed by atoms with Crippen molar-refractivity contribution >= 4 is 15.9 Å². The van der Waals surface area contributed by atoms with E-state index in [0.717, 1.165) is 46.4 Å². The third-order valence-electron chi connectivity index (χ3n) is 3.59. The number of rotatable bonds is 1. The SMILES string of the molecule is NC1CCCCc2nc(-c3ccccc3Br)ncc21. The summed E-state index contributed by atoms with van der Waals surface area (Å²) in [5.41, 5.74) is 9.44. The Hall–Kier alpha value is -1.26. The topological polar surface area (TPSA) is 51.8 Å². The van der Waals surface area contributed by atoms with Gasteiger partial charge in [0.05, 0.1) is 0 Å². The van der Waals surface area contributed by atoms with Crippen LogP contribution in [0, 0.1) is 0 Å². The van der Waals surface area contributed by atoms with E-state index >= 15 is 0 Å². The second-order valence-corrected chi connectivity index (χ2v) is 5.78. The van der Waals surface area contributed by atoms with Crippen molar-refractivity contribution in [3.63, 3.8) is 0 Å². The van der Waals surface area contributed by atoms with Crippen molar-refractivity contribution in [1.29, 1.82) is 0 Å². The summed E-state index contributed by atoms with van der Waals surface area (Å²) in [5, 5.41) is 0. The molecule has 0 bridgehead atoms. The Balaban J connectivity index is 2.06. The molecule has 3 rings (SSSR count). The second-order valence-electron chi connectivity index (χ2n) is 4.93. The molecule has 0 spiro atoms. The van der Waals surface area contributed by atoms with Gasteiger partial charge < -0.3 is 5.73 Å². The van der Waals surface area contributed by atoms with Crippen LogP contribution in [-0.4, -0.2) is 9.97 Å². The van der Waals surface area contributed by atoms with Crippen molar-refractivity contribution in [2.75, 3.05) is 0 Å². The smallest absolute Gasteiger partial charge is 0.160 e. The molecule has 4 heteroatoms. The molecule has 19 heavy (non-hydrogen) atoms. The largest absolute Gasteiger partial charge is 0.324 e. The van der Waals surface area contributed by atoms with Crippen molar-refractivity contribution in [3.05, 3.63) is 46.2 Å². The Morgan fingerprint density at radius 1 is 1.21 bits per heavy atom. The molecule has 1 aliphatic carbocycles. The number of halogens is 1. The van der Waals surface area contributed by atoms with E-state index in [1.165, 1.54) is 6.42 Å². The van der Waals surface area contributed by atoms with Crippen molar-refractivity contribution < 1.29 is 0 Å². The van der Waals surface area contributed by atoms with Gasteiger partial charge in [-0.1, -0.05) is 40.5 Å². The summed E-state index contributed by atoms with van der Waals surface area (Å²) in [6.07, 6.45) is 6.27. The molecule has 0 aliphatic heterocycles. The molecule has 1 aromatic carbocycles. The summed E-state index contributed by atoms with van der Waals surface area (Å²) in [6.45, 7) is 0. The van der Waals surface area contributed by atoms with Gasteiger partial charge in [0, 0.05) is 33.5 Å². The molecule has 1 heterocycles. The fourth-order valence-electron chi connectivity index (χ4n) is 2.52. The molecule has 0 saturated carbocycles. The Bertz CT molecular complexity index is 598. The molecule has 3 nitrogen and oxygen atoms in total. The normalized spacial score (nSPS) is 18.7. The summed E-state index contributed by atoms with van der Waals surface area (Å²) in [6, 6.07) is 8.12. The van der Waals surface area contributed by atoms with Crippen LogP contribution in [0.4, 0.5) is 0 Å². The molecule has 1 aliphatic rings. The highest BCUT2D eigenvalue weighted by Crippen LogP contribution is 2.29. The summed E-state index contributed by atoms with van der Waals surface area (Å²) < 4.78 is 1.02. The van der Waals surface area contributed by atoms with Crippen molar-refractivity contribution in [1.82, 2.24) is 9.97 Å². The van der Waals surface area contributed by atoms with Gasteiger partial charge in [0.1, 0.15) is 0 Å². The average Bonchev–Trinajstić information content (AvgIpc) is 2.61. The van der Waals surface area contributed by atoms with Crippen LogP contribution in [0.5, 0.6) is 0 Å². The first-order valence-electron chi connectivity index (χ1n) is 6.62. The number of hydrogen-bond donors (Lipinski definition) is 1.